The van der Waals surface area contributed by atoms with Crippen LogP contribution in [0.15, 0.2) is 52.0 Å². The third-order valence-electron chi connectivity index (χ3n) is 3.47. The van der Waals surface area contributed by atoms with Crippen LogP contribution in [0.4, 0.5) is 0 Å². The number of halogens is 1. The Morgan fingerprint density at radius 3 is 2.56 bits per heavy atom. The Balaban J connectivity index is 1.84. The fourth-order valence-corrected chi connectivity index (χ4v) is 2.41. The molecule has 1 amide bonds. The van der Waals surface area contributed by atoms with Crippen molar-refractivity contribution in [3.8, 4) is 11.5 Å². The summed E-state index contributed by atoms with van der Waals surface area (Å²) >= 11 is 3.30. The zero-order valence-electron chi connectivity index (χ0n) is 14.4. The van der Waals surface area contributed by atoms with Crippen LogP contribution in [0, 0.1) is 0 Å². The molecule has 0 aromatic heterocycles. The molecule has 0 radical (unpaired) electrons. The SMILES string of the molecule is CC(C)(C)c1ccc(OCC(=O)N/N=C\c2cc(Br)ccc2O)cc1. The van der Waals surface area contributed by atoms with Crippen LogP contribution < -0.4 is 10.2 Å². The first-order chi connectivity index (χ1) is 11.8. The number of hydrogen-bond donors (Lipinski definition) is 2. The van der Waals surface area contributed by atoms with Crippen molar-refractivity contribution in [2.24, 2.45) is 5.10 Å². The van der Waals surface area contributed by atoms with Crippen molar-refractivity contribution in [1.29, 1.82) is 0 Å². The van der Waals surface area contributed by atoms with Gasteiger partial charge in [-0.25, -0.2) is 5.43 Å². The highest BCUT2D eigenvalue weighted by Gasteiger charge is 2.13. The van der Waals surface area contributed by atoms with Gasteiger partial charge in [0.15, 0.2) is 6.61 Å². The molecule has 0 unspecified atom stereocenters. The number of hydrazone groups is 1. The Morgan fingerprint density at radius 2 is 1.92 bits per heavy atom. The minimum atomic E-state index is -0.384. The number of rotatable bonds is 5. The fourth-order valence-electron chi connectivity index (χ4n) is 2.03. The summed E-state index contributed by atoms with van der Waals surface area (Å²) in [5.74, 6) is 0.318. The summed E-state index contributed by atoms with van der Waals surface area (Å²) in [6.07, 6.45) is 1.37. The van der Waals surface area contributed by atoms with E-state index in [1.54, 1.807) is 12.1 Å². The first-order valence-electron chi connectivity index (χ1n) is 7.79. The highest BCUT2D eigenvalue weighted by atomic mass is 79.9. The lowest BCUT2D eigenvalue weighted by Gasteiger charge is -2.19. The van der Waals surface area contributed by atoms with E-state index < -0.39 is 0 Å². The zero-order chi connectivity index (χ0) is 18.4. The highest BCUT2D eigenvalue weighted by Crippen LogP contribution is 2.24. The normalized spacial score (nSPS) is 11.5. The van der Waals surface area contributed by atoms with Gasteiger partial charge in [0, 0.05) is 10.0 Å². The van der Waals surface area contributed by atoms with Crippen LogP contribution in [-0.4, -0.2) is 23.8 Å². The number of phenols is 1. The van der Waals surface area contributed by atoms with E-state index in [0.29, 0.717) is 11.3 Å². The van der Waals surface area contributed by atoms with Crippen molar-refractivity contribution in [2.75, 3.05) is 6.61 Å². The molecule has 0 aliphatic rings. The minimum absolute atomic E-state index is 0.0720. The van der Waals surface area contributed by atoms with Crippen LogP contribution >= 0.6 is 15.9 Å². The molecule has 132 valence electrons. The lowest BCUT2D eigenvalue weighted by atomic mass is 9.87. The molecule has 0 saturated carbocycles. The molecule has 0 atom stereocenters. The lowest BCUT2D eigenvalue weighted by molar-refractivity contribution is -0.123. The van der Waals surface area contributed by atoms with Gasteiger partial charge in [0.2, 0.25) is 0 Å². The van der Waals surface area contributed by atoms with Gasteiger partial charge in [-0.15, -0.1) is 0 Å². The summed E-state index contributed by atoms with van der Waals surface area (Å²) in [6, 6.07) is 12.6. The smallest absolute Gasteiger partial charge is 0.277 e. The summed E-state index contributed by atoms with van der Waals surface area (Å²) in [5, 5.41) is 13.5. The number of carbonyl (C=O) groups is 1. The average molecular weight is 405 g/mol. The molecular weight excluding hydrogens is 384 g/mol. The summed E-state index contributed by atoms with van der Waals surface area (Å²) < 4.78 is 6.24. The number of carbonyl (C=O) groups excluding carboxylic acids is 1. The molecule has 2 N–H and O–H groups in total. The molecule has 0 aliphatic heterocycles. The largest absolute Gasteiger partial charge is 0.507 e. The van der Waals surface area contributed by atoms with Gasteiger partial charge in [0.1, 0.15) is 11.5 Å². The number of nitrogens with one attached hydrogen (secondary N) is 1. The van der Waals surface area contributed by atoms with Gasteiger partial charge >= 0.3 is 0 Å². The molecule has 0 bridgehead atoms. The summed E-state index contributed by atoms with van der Waals surface area (Å²) in [6.45, 7) is 6.27. The van der Waals surface area contributed by atoms with Gasteiger partial charge in [0.25, 0.3) is 5.91 Å². The third kappa shape index (κ3) is 5.90. The van der Waals surface area contributed by atoms with E-state index in [-0.39, 0.29) is 23.7 Å². The third-order valence-corrected chi connectivity index (χ3v) is 3.97. The van der Waals surface area contributed by atoms with Crippen LogP contribution in [0.3, 0.4) is 0 Å². The number of amides is 1. The topological polar surface area (TPSA) is 70.9 Å². The maximum atomic E-state index is 11.8. The summed E-state index contributed by atoms with van der Waals surface area (Å²) in [7, 11) is 0. The first-order valence-corrected chi connectivity index (χ1v) is 8.59. The van der Waals surface area contributed by atoms with Crippen molar-refractivity contribution >= 4 is 28.1 Å². The quantitative estimate of drug-likeness (QED) is 0.584. The monoisotopic (exact) mass is 404 g/mol. The second-order valence-corrected chi connectivity index (χ2v) is 7.48. The van der Waals surface area contributed by atoms with Crippen molar-refractivity contribution < 1.29 is 14.6 Å². The molecule has 2 aromatic rings. The second-order valence-electron chi connectivity index (χ2n) is 6.56. The number of aromatic hydroxyl groups is 1. The van der Waals surface area contributed by atoms with E-state index in [1.807, 2.05) is 24.3 Å². The van der Waals surface area contributed by atoms with E-state index in [2.05, 4.69) is 47.2 Å². The lowest BCUT2D eigenvalue weighted by Crippen LogP contribution is -2.24. The first kappa shape index (κ1) is 19.0. The molecule has 0 spiro atoms. The Labute approximate surface area is 155 Å². The number of hydrogen-bond acceptors (Lipinski definition) is 4. The summed E-state index contributed by atoms with van der Waals surface area (Å²) in [5.41, 5.74) is 4.13. The molecule has 6 heteroatoms. The maximum absolute atomic E-state index is 11.8. The standard InChI is InChI=1S/C19H21BrN2O3/c1-19(2,3)14-4-7-16(8-5-14)25-12-18(24)22-21-11-13-10-15(20)6-9-17(13)23/h4-11,23H,12H2,1-3H3,(H,22,24)/b21-11-. The average Bonchev–Trinajstić information content (AvgIpc) is 2.56. The maximum Gasteiger partial charge on any atom is 0.277 e. The van der Waals surface area contributed by atoms with E-state index in [4.69, 9.17) is 4.74 Å². The van der Waals surface area contributed by atoms with Crippen LogP contribution in [0.5, 0.6) is 11.5 Å². The Morgan fingerprint density at radius 1 is 1.24 bits per heavy atom. The van der Waals surface area contributed by atoms with Gasteiger partial charge in [-0.2, -0.15) is 5.10 Å². The minimum Gasteiger partial charge on any atom is -0.507 e. The molecular formula is C19H21BrN2O3. The van der Waals surface area contributed by atoms with Gasteiger partial charge in [0.05, 0.1) is 6.21 Å². The Kier molecular flexibility index (Phi) is 6.20. The zero-order valence-corrected chi connectivity index (χ0v) is 16.0. The molecule has 25 heavy (non-hydrogen) atoms. The van der Waals surface area contributed by atoms with Gasteiger partial charge in [-0.3, -0.25) is 4.79 Å². The van der Waals surface area contributed by atoms with Crippen LogP contribution in [0.2, 0.25) is 0 Å². The van der Waals surface area contributed by atoms with Crippen molar-refractivity contribution in [1.82, 2.24) is 5.43 Å². The van der Waals surface area contributed by atoms with E-state index in [0.717, 1.165) is 4.47 Å². The molecule has 2 rings (SSSR count). The molecule has 5 nitrogen and oxygen atoms in total. The predicted octanol–water partition coefficient (Wildman–Crippen LogP) is 3.98. The van der Waals surface area contributed by atoms with E-state index in [9.17, 15) is 9.90 Å². The van der Waals surface area contributed by atoms with Crippen LogP contribution in [0.25, 0.3) is 0 Å². The molecule has 0 saturated heterocycles. The highest BCUT2D eigenvalue weighted by molar-refractivity contribution is 9.10. The van der Waals surface area contributed by atoms with Gasteiger partial charge in [-0.1, -0.05) is 48.8 Å². The Bertz CT molecular complexity index is 765. The molecule has 0 aliphatic carbocycles. The fraction of sp³-hybridized carbons (Fsp3) is 0.263. The molecule has 2 aromatic carbocycles. The van der Waals surface area contributed by atoms with Crippen LogP contribution in [-0.2, 0) is 10.2 Å². The van der Waals surface area contributed by atoms with Gasteiger partial charge < -0.3 is 9.84 Å². The summed E-state index contributed by atoms with van der Waals surface area (Å²) in [4.78, 5) is 11.8. The van der Waals surface area contributed by atoms with Gasteiger partial charge in [-0.05, 0) is 41.3 Å². The number of ether oxygens (including phenoxy) is 1. The number of nitrogens with zero attached hydrogens (tertiary/aromatic N) is 1. The van der Waals surface area contributed by atoms with Crippen LogP contribution in [0.1, 0.15) is 31.9 Å². The molecule has 0 fully saturated rings. The Hall–Kier alpha value is -2.34. The number of phenolic OH excluding ortho intramolecular Hbond substituents is 1. The van der Waals surface area contributed by atoms with E-state index >= 15 is 0 Å². The number of benzene rings is 2. The van der Waals surface area contributed by atoms with Crippen molar-refractivity contribution in [3.05, 3.63) is 58.1 Å². The molecule has 0 heterocycles. The van der Waals surface area contributed by atoms with Crippen molar-refractivity contribution in [3.63, 3.8) is 0 Å². The predicted molar refractivity (Wildman–Crippen MR) is 102 cm³/mol. The van der Waals surface area contributed by atoms with E-state index in [1.165, 1.54) is 17.8 Å². The van der Waals surface area contributed by atoms with Crippen molar-refractivity contribution in [2.45, 2.75) is 26.2 Å². The second kappa shape index (κ2) is 8.16.